The van der Waals surface area contributed by atoms with Gasteiger partial charge in [-0.25, -0.2) is 14.5 Å². The quantitative estimate of drug-likeness (QED) is 0.551. The van der Waals surface area contributed by atoms with Gasteiger partial charge in [-0.05, 0) is 43.4 Å². The van der Waals surface area contributed by atoms with Gasteiger partial charge in [-0.3, -0.25) is 4.79 Å². The minimum atomic E-state index is -0.00427. The molecule has 2 fully saturated rings. The zero-order valence-corrected chi connectivity index (χ0v) is 17.4. The van der Waals surface area contributed by atoms with Crippen LogP contribution < -0.4 is 0 Å². The minimum Gasteiger partial charge on any atom is -0.381 e. The first-order valence-electron chi connectivity index (χ1n) is 10.9. The summed E-state index contributed by atoms with van der Waals surface area (Å²) in [5.74, 6) is 1.44. The lowest BCUT2D eigenvalue weighted by Crippen LogP contribution is -2.40. The summed E-state index contributed by atoms with van der Waals surface area (Å²) in [6, 6.07) is 4.23. The largest absolute Gasteiger partial charge is 0.381 e. The fourth-order valence-corrected chi connectivity index (χ4v) is 4.44. The Hall–Kier alpha value is -3.26. The number of hydrogen-bond donors (Lipinski definition) is 1. The summed E-state index contributed by atoms with van der Waals surface area (Å²) in [7, 11) is 1.88. The topological polar surface area (TPSA) is 88.4 Å². The first-order valence-corrected chi connectivity index (χ1v) is 10.9. The highest BCUT2D eigenvalue weighted by Crippen LogP contribution is 2.39. The smallest absolute Gasteiger partial charge is 0.257 e. The Morgan fingerprint density at radius 3 is 2.87 bits per heavy atom. The van der Waals surface area contributed by atoms with Crippen LogP contribution >= 0.6 is 0 Å². The molecule has 8 heteroatoms. The maximum absolute atomic E-state index is 13.2. The van der Waals surface area contributed by atoms with Crippen molar-refractivity contribution in [1.82, 2.24) is 29.5 Å². The number of pyridine rings is 1. The van der Waals surface area contributed by atoms with Gasteiger partial charge in [-0.2, -0.15) is 5.10 Å². The van der Waals surface area contributed by atoms with Gasteiger partial charge in [-0.15, -0.1) is 0 Å². The molecule has 0 spiro atoms. The number of rotatable bonds is 4. The normalized spacial score (nSPS) is 17.5. The van der Waals surface area contributed by atoms with Crippen molar-refractivity contribution in [2.45, 2.75) is 37.6 Å². The van der Waals surface area contributed by atoms with Gasteiger partial charge in [0.1, 0.15) is 11.5 Å². The van der Waals surface area contributed by atoms with Gasteiger partial charge < -0.3 is 14.6 Å². The van der Waals surface area contributed by atoms with E-state index < -0.39 is 0 Å². The molecule has 1 aliphatic carbocycles. The lowest BCUT2D eigenvalue weighted by atomic mass is 10.0. The van der Waals surface area contributed by atoms with Crippen molar-refractivity contribution in [2.75, 3.05) is 20.3 Å². The van der Waals surface area contributed by atoms with Crippen molar-refractivity contribution in [1.29, 1.82) is 0 Å². The third kappa shape index (κ3) is 3.18. The number of fused-ring (bicyclic) bond motifs is 2. The van der Waals surface area contributed by atoms with Crippen molar-refractivity contribution in [3.05, 3.63) is 48.3 Å². The van der Waals surface area contributed by atoms with E-state index in [9.17, 15) is 4.79 Å². The van der Waals surface area contributed by atoms with E-state index in [2.05, 4.69) is 15.1 Å². The number of nitrogens with one attached hydrogen (secondary N) is 1. The van der Waals surface area contributed by atoms with Crippen LogP contribution in [0.25, 0.3) is 27.7 Å². The van der Waals surface area contributed by atoms with Crippen LogP contribution in [0.3, 0.4) is 0 Å². The van der Waals surface area contributed by atoms with E-state index in [0.29, 0.717) is 24.7 Å². The van der Waals surface area contributed by atoms with E-state index in [4.69, 9.17) is 9.72 Å². The van der Waals surface area contributed by atoms with Crippen LogP contribution in [0.4, 0.5) is 0 Å². The highest BCUT2D eigenvalue weighted by molar-refractivity contribution is 6.02. The van der Waals surface area contributed by atoms with Crippen molar-refractivity contribution in [3.8, 4) is 11.1 Å². The molecular formula is C23H24N6O2. The van der Waals surface area contributed by atoms with E-state index in [0.717, 1.165) is 46.3 Å². The number of aromatic nitrogens is 5. The number of amides is 1. The third-order valence-corrected chi connectivity index (χ3v) is 6.52. The van der Waals surface area contributed by atoms with E-state index in [1.807, 2.05) is 42.7 Å². The van der Waals surface area contributed by atoms with Gasteiger partial charge in [0.2, 0.25) is 0 Å². The van der Waals surface area contributed by atoms with Crippen LogP contribution in [0, 0.1) is 0 Å². The summed E-state index contributed by atoms with van der Waals surface area (Å²) in [4.78, 5) is 27.7. The van der Waals surface area contributed by atoms with E-state index in [-0.39, 0.29) is 11.9 Å². The molecule has 0 unspecified atom stereocenters. The Bertz CT molecular complexity index is 1280. The second kappa shape index (κ2) is 7.16. The number of nitrogens with zero attached hydrogens (tertiary/aromatic N) is 5. The molecule has 158 valence electrons. The molecular weight excluding hydrogens is 392 g/mol. The highest BCUT2D eigenvalue weighted by atomic mass is 16.5. The molecule has 2 aliphatic rings. The number of ether oxygens (including phenoxy) is 1. The molecule has 1 N–H and O–H groups in total. The molecule has 1 amide bonds. The summed E-state index contributed by atoms with van der Waals surface area (Å²) >= 11 is 0. The van der Waals surface area contributed by atoms with Crippen LogP contribution in [0.15, 0.2) is 36.9 Å². The molecule has 0 bridgehead atoms. The van der Waals surface area contributed by atoms with Gasteiger partial charge in [0.05, 0.1) is 17.3 Å². The molecule has 31 heavy (non-hydrogen) atoms. The molecule has 0 aromatic carbocycles. The number of carbonyl (C=O) groups is 1. The maximum atomic E-state index is 13.2. The fraction of sp³-hybridized carbons (Fsp3) is 0.391. The van der Waals surface area contributed by atoms with Gasteiger partial charge in [0, 0.05) is 61.8 Å². The average molecular weight is 416 g/mol. The second-order valence-corrected chi connectivity index (χ2v) is 8.53. The van der Waals surface area contributed by atoms with Crippen LogP contribution in [0.1, 0.15) is 47.8 Å². The number of aromatic amines is 1. The maximum Gasteiger partial charge on any atom is 0.257 e. The standard InChI is InChI=1S/C23H24N6O2/c1-28(16-5-8-31-9-6-16)23(30)19-13-26-29-7-4-15(10-20(19)29)17-11-25-22-18(17)12-24-21(27-22)14-2-3-14/h4,7,10-14,16H,2-3,5-6,8-9H2,1H3,(H,24,25,27). The van der Waals surface area contributed by atoms with Gasteiger partial charge in [-0.1, -0.05) is 0 Å². The molecule has 1 saturated heterocycles. The zero-order valence-electron chi connectivity index (χ0n) is 17.4. The fourth-order valence-electron chi connectivity index (χ4n) is 4.44. The summed E-state index contributed by atoms with van der Waals surface area (Å²) in [6.45, 7) is 1.40. The molecule has 5 heterocycles. The summed E-state index contributed by atoms with van der Waals surface area (Å²) < 4.78 is 7.19. The SMILES string of the molecule is CN(C(=O)c1cnn2ccc(-c3c[nH]c4nc(C5CC5)ncc34)cc12)C1CCOCC1. The molecule has 1 aliphatic heterocycles. The van der Waals surface area contributed by atoms with E-state index in [1.54, 1.807) is 10.7 Å². The molecule has 4 aromatic heterocycles. The van der Waals surface area contributed by atoms with Crippen molar-refractivity contribution in [3.63, 3.8) is 0 Å². The number of carbonyl (C=O) groups excluding carboxylic acids is 1. The van der Waals surface area contributed by atoms with Gasteiger partial charge >= 0.3 is 0 Å². The second-order valence-electron chi connectivity index (χ2n) is 8.53. The molecule has 8 nitrogen and oxygen atoms in total. The minimum absolute atomic E-state index is 0.00427. The van der Waals surface area contributed by atoms with Crippen molar-refractivity contribution >= 4 is 22.5 Å². The first kappa shape index (κ1) is 18.5. The third-order valence-electron chi connectivity index (χ3n) is 6.52. The average Bonchev–Trinajstić information content (AvgIpc) is 3.45. The Morgan fingerprint density at radius 1 is 1.23 bits per heavy atom. The molecule has 0 atom stereocenters. The lowest BCUT2D eigenvalue weighted by Gasteiger charge is -2.31. The molecule has 1 saturated carbocycles. The predicted octanol–water partition coefficient (Wildman–Crippen LogP) is 3.40. The predicted molar refractivity (Wildman–Crippen MR) is 116 cm³/mol. The van der Waals surface area contributed by atoms with Crippen LogP contribution in [0.5, 0.6) is 0 Å². The first-order chi connectivity index (χ1) is 15.2. The van der Waals surface area contributed by atoms with Gasteiger partial charge in [0.15, 0.2) is 0 Å². The summed E-state index contributed by atoms with van der Waals surface area (Å²) in [6.07, 6.45) is 11.5. The highest BCUT2D eigenvalue weighted by Gasteiger charge is 2.27. The monoisotopic (exact) mass is 416 g/mol. The Kier molecular flexibility index (Phi) is 4.27. The Balaban J connectivity index is 1.36. The summed E-state index contributed by atoms with van der Waals surface area (Å²) in [5.41, 5.74) is 4.30. The van der Waals surface area contributed by atoms with Crippen molar-refractivity contribution in [2.24, 2.45) is 0 Å². The Labute approximate surface area is 179 Å². The number of H-pyrrole nitrogens is 1. The Morgan fingerprint density at radius 2 is 2.06 bits per heavy atom. The van der Waals surface area contributed by atoms with E-state index >= 15 is 0 Å². The van der Waals surface area contributed by atoms with Gasteiger partial charge in [0.25, 0.3) is 5.91 Å². The van der Waals surface area contributed by atoms with E-state index in [1.165, 1.54) is 12.8 Å². The molecule has 0 radical (unpaired) electrons. The summed E-state index contributed by atoms with van der Waals surface area (Å²) in [5, 5.41) is 5.39. The van der Waals surface area contributed by atoms with Crippen LogP contribution in [-0.4, -0.2) is 61.7 Å². The zero-order chi connectivity index (χ0) is 20.9. The van der Waals surface area contributed by atoms with Crippen LogP contribution in [-0.2, 0) is 4.74 Å². The van der Waals surface area contributed by atoms with Crippen molar-refractivity contribution < 1.29 is 9.53 Å². The molecule has 4 aromatic rings. The lowest BCUT2D eigenvalue weighted by molar-refractivity contribution is 0.0363. The molecule has 6 rings (SSSR count). The number of hydrogen-bond acceptors (Lipinski definition) is 5. The van der Waals surface area contributed by atoms with Crippen LogP contribution in [0.2, 0.25) is 0 Å².